The van der Waals surface area contributed by atoms with Gasteiger partial charge in [0.1, 0.15) is 0 Å². The second-order valence-corrected chi connectivity index (χ2v) is 4.51. The van der Waals surface area contributed by atoms with Crippen molar-refractivity contribution in [3.8, 4) is 0 Å². The van der Waals surface area contributed by atoms with Gasteiger partial charge in [-0.25, -0.2) is 8.78 Å². The largest absolute Gasteiger partial charge is 0.399 e. The quantitative estimate of drug-likeness (QED) is 0.847. The van der Waals surface area contributed by atoms with E-state index in [4.69, 9.17) is 5.73 Å². The monoisotopic (exact) mass is 276 g/mol. The Balaban J connectivity index is 2.06. The number of rotatable bonds is 3. The van der Waals surface area contributed by atoms with Gasteiger partial charge in [-0.1, -0.05) is 6.07 Å². The van der Waals surface area contributed by atoms with Crippen LogP contribution in [-0.4, -0.2) is 5.91 Å². The lowest BCUT2D eigenvalue weighted by Crippen LogP contribution is -2.23. The molecule has 1 amide bonds. The molecule has 2 aromatic rings. The molecule has 0 radical (unpaired) electrons. The number of nitrogens with two attached hydrogens (primary N) is 1. The smallest absolute Gasteiger partial charge is 0.251 e. The predicted molar refractivity (Wildman–Crippen MR) is 73.1 cm³/mol. The first-order chi connectivity index (χ1) is 9.47. The summed E-state index contributed by atoms with van der Waals surface area (Å²) in [6, 6.07) is 8.49. The molecule has 0 atom stereocenters. The highest BCUT2D eigenvalue weighted by Gasteiger charge is 2.09. The van der Waals surface area contributed by atoms with Crippen LogP contribution in [0, 0.1) is 18.6 Å². The van der Waals surface area contributed by atoms with Crippen LogP contribution in [0.25, 0.3) is 0 Å². The Hall–Kier alpha value is -2.43. The first kappa shape index (κ1) is 14.0. The third-order valence-electron chi connectivity index (χ3n) is 2.93. The molecule has 0 aromatic heterocycles. The summed E-state index contributed by atoms with van der Waals surface area (Å²) in [5, 5.41) is 2.65. The highest BCUT2D eigenvalue weighted by molar-refractivity contribution is 5.95. The maximum Gasteiger partial charge on any atom is 0.251 e. The van der Waals surface area contributed by atoms with Gasteiger partial charge in [-0.3, -0.25) is 4.79 Å². The Morgan fingerprint density at radius 1 is 1.15 bits per heavy atom. The molecule has 2 aromatic carbocycles. The van der Waals surface area contributed by atoms with Crippen molar-refractivity contribution in [2.24, 2.45) is 0 Å². The van der Waals surface area contributed by atoms with Crippen molar-refractivity contribution >= 4 is 11.6 Å². The number of amides is 1. The van der Waals surface area contributed by atoms with Gasteiger partial charge in [0.15, 0.2) is 11.6 Å². The lowest BCUT2D eigenvalue weighted by Gasteiger charge is -2.08. The molecule has 0 fully saturated rings. The molecule has 0 unspecified atom stereocenters. The van der Waals surface area contributed by atoms with Gasteiger partial charge in [-0.15, -0.1) is 0 Å². The standard InChI is InChI=1S/C15H14F2N2O/c1-9-6-11(18)3-4-12(9)15(20)19-8-10-2-5-13(16)14(17)7-10/h2-7H,8,18H2,1H3,(H,19,20). The van der Waals surface area contributed by atoms with Gasteiger partial charge in [-0.05, 0) is 48.4 Å². The van der Waals surface area contributed by atoms with E-state index in [0.717, 1.165) is 17.7 Å². The number of aryl methyl sites for hydroxylation is 1. The summed E-state index contributed by atoms with van der Waals surface area (Å²) in [6.45, 7) is 1.91. The fraction of sp³-hybridized carbons (Fsp3) is 0.133. The molecule has 5 heteroatoms. The average Bonchev–Trinajstić information content (AvgIpc) is 2.40. The number of hydrogen-bond acceptors (Lipinski definition) is 2. The van der Waals surface area contributed by atoms with Crippen molar-refractivity contribution in [1.82, 2.24) is 5.32 Å². The van der Waals surface area contributed by atoms with Gasteiger partial charge in [0.25, 0.3) is 5.91 Å². The summed E-state index contributed by atoms with van der Waals surface area (Å²) in [6.07, 6.45) is 0. The normalized spacial score (nSPS) is 10.3. The van der Waals surface area contributed by atoms with Crippen LogP contribution in [0.2, 0.25) is 0 Å². The van der Waals surface area contributed by atoms with E-state index in [1.807, 2.05) is 0 Å². The van der Waals surface area contributed by atoms with E-state index in [9.17, 15) is 13.6 Å². The molecule has 3 nitrogen and oxygen atoms in total. The van der Waals surface area contributed by atoms with Crippen LogP contribution < -0.4 is 11.1 Å². The molecule has 20 heavy (non-hydrogen) atoms. The number of carbonyl (C=O) groups excluding carboxylic acids is 1. The third kappa shape index (κ3) is 3.12. The molecule has 2 rings (SSSR count). The van der Waals surface area contributed by atoms with Crippen LogP contribution in [0.4, 0.5) is 14.5 Å². The number of carbonyl (C=O) groups is 1. The van der Waals surface area contributed by atoms with E-state index >= 15 is 0 Å². The summed E-state index contributed by atoms with van der Waals surface area (Å²) in [5.41, 5.74) is 7.95. The summed E-state index contributed by atoms with van der Waals surface area (Å²) in [4.78, 5) is 12.0. The minimum atomic E-state index is -0.930. The number of benzene rings is 2. The molecule has 0 spiro atoms. The van der Waals surface area contributed by atoms with E-state index in [-0.39, 0.29) is 12.5 Å². The minimum Gasteiger partial charge on any atom is -0.399 e. The maximum absolute atomic E-state index is 13.0. The van der Waals surface area contributed by atoms with Crippen molar-refractivity contribution in [2.75, 3.05) is 5.73 Å². The molecule has 0 aliphatic rings. The molecule has 0 aliphatic heterocycles. The summed E-state index contributed by atoms with van der Waals surface area (Å²) in [7, 11) is 0. The number of nitrogen functional groups attached to an aromatic ring is 1. The van der Waals surface area contributed by atoms with E-state index < -0.39 is 11.6 Å². The molecule has 0 saturated heterocycles. The average molecular weight is 276 g/mol. The van der Waals surface area contributed by atoms with Crippen LogP contribution in [-0.2, 0) is 6.54 Å². The SMILES string of the molecule is Cc1cc(N)ccc1C(=O)NCc1ccc(F)c(F)c1. The number of nitrogens with one attached hydrogen (secondary N) is 1. The predicted octanol–water partition coefficient (Wildman–Crippen LogP) is 2.79. The topological polar surface area (TPSA) is 55.1 Å². The van der Waals surface area contributed by atoms with Gasteiger partial charge in [0.2, 0.25) is 0 Å². The Morgan fingerprint density at radius 2 is 1.90 bits per heavy atom. The number of halogens is 2. The lowest BCUT2D eigenvalue weighted by molar-refractivity contribution is 0.0950. The van der Waals surface area contributed by atoms with Gasteiger partial charge >= 0.3 is 0 Å². The zero-order valence-corrected chi connectivity index (χ0v) is 10.9. The molecule has 0 saturated carbocycles. The van der Waals surface area contributed by atoms with Crippen LogP contribution in [0.15, 0.2) is 36.4 Å². The molecular weight excluding hydrogens is 262 g/mol. The van der Waals surface area contributed by atoms with Gasteiger partial charge in [0, 0.05) is 17.8 Å². The molecule has 104 valence electrons. The second-order valence-electron chi connectivity index (χ2n) is 4.51. The number of hydrogen-bond donors (Lipinski definition) is 2. The molecule has 3 N–H and O–H groups in total. The van der Waals surface area contributed by atoms with Crippen molar-refractivity contribution in [1.29, 1.82) is 0 Å². The van der Waals surface area contributed by atoms with Gasteiger partial charge in [-0.2, -0.15) is 0 Å². The maximum atomic E-state index is 13.0. The summed E-state index contributed by atoms with van der Waals surface area (Å²) >= 11 is 0. The van der Waals surface area contributed by atoms with Crippen LogP contribution in [0.5, 0.6) is 0 Å². The first-order valence-electron chi connectivity index (χ1n) is 6.05. The third-order valence-corrected chi connectivity index (χ3v) is 2.93. The highest BCUT2D eigenvalue weighted by atomic mass is 19.2. The molecular formula is C15H14F2N2O. The molecule has 0 bridgehead atoms. The van der Waals surface area contributed by atoms with E-state index in [1.165, 1.54) is 6.07 Å². The second kappa shape index (κ2) is 5.69. The van der Waals surface area contributed by atoms with Crippen LogP contribution >= 0.6 is 0 Å². The van der Waals surface area contributed by atoms with Gasteiger partial charge < -0.3 is 11.1 Å². The Bertz CT molecular complexity index is 656. The lowest BCUT2D eigenvalue weighted by atomic mass is 10.1. The molecule has 0 aliphatic carbocycles. The fourth-order valence-electron chi connectivity index (χ4n) is 1.87. The van der Waals surface area contributed by atoms with Crippen LogP contribution in [0.1, 0.15) is 21.5 Å². The van der Waals surface area contributed by atoms with Crippen molar-refractivity contribution < 1.29 is 13.6 Å². The molecule has 0 heterocycles. The zero-order valence-electron chi connectivity index (χ0n) is 10.9. The van der Waals surface area contributed by atoms with Crippen molar-refractivity contribution in [3.63, 3.8) is 0 Å². The Kier molecular flexibility index (Phi) is 3.98. The Labute approximate surface area is 115 Å². The summed E-state index contributed by atoms with van der Waals surface area (Å²) < 4.78 is 25.8. The number of anilines is 1. The summed E-state index contributed by atoms with van der Waals surface area (Å²) in [5.74, 6) is -2.12. The highest BCUT2D eigenvalue weighted by Crippen LogP contribution is 2.13. The first-order valence-corrected chi connectivity index (χ1v) is 6.05. The minimum absolute atomic E-state index is 0.125. The van der Waals surface area contributed by atoms with E-state index in [1.54, 1.807) is 25.1 Å². The van der Waals surface area contributed by atoms with Gasteiger partial charge in [0.05, 0.1) is 0 Å². The van der Waals surface area contributed by atoms with Crippen molar-refractivity contribution in [3.05, 3.63) is 64.7 Å². The Morgan fingerprint density at radius 3 is 2.55 bits per heavy atom. The van der Waals surface area contributed by atoms with Crippen molar-refractivity contribution in [2.45, 2.75) is 13.5 Å². The zero-order chi connectivity index (χ0) is 14.7. The van der Waals surface area contributed by atoms with E-state index in [2.05, 4.69) is 5.32 Å². The van der Waals surface area contributed by atoms with Crippen LogP contribution in [0.3, 0.4) is 0 Å². The van der Waals surface area contributed by atoms with E-state index in [0.29, 0.717) is 16.8 Å². The fourth-order valence-corrected chi connectivity index (χ4v) is 1.87.